The first-order valence-corrected chi connectivity index (χ1v) is 5.75. The first kappa shape index (κ1) is 14.6. The molecule has 1 amide bonds. The van der Waals surface area contributed by atoms with Gasteiger partial charge in [-0.2, -0.15) is 9.49 Å². The van der Waals surface area contributed by atoms with Gasteiger partial charge in [-0.15, -0.1) is 0 Å². The van der Waals surface area contributed by atoms with Crippen LogP contribution in [0.15, 0.2) is 18.2 Å². The van der Waals surface area contributed by atoms with Gasteiger partial charge in [0.25, 0.3) is 5.91 Å². The molecule has 1 N–H and O–H groups in total. The molecule has 2 rings (SSSR count). The summed E-state index contributed by atoms with van der Waals surface area (Å²) in [4.78, 5) is 21.3. The van der Waals surface area contributed by atoms with Gasteiger partial charge in [-0.1, -0.05) is 0 Å². The highest BCUT2D eigenvalue weighted by Gasteiger charge is 2.22. The first-order chi connectivity index (χ1) is 9.79. The second-order valence-electron chi connectivity index (χ2n) is 4.29. The SMILES string of the molecule is Cc1cc(NC(=O)c2cc(F)c([N+](=O)[O-])cc2F)n(C)n1. The third kappa shape index (κ3) is 2.86. The second kappa shape index (κ2) is 5.27. The average molecular weight is 296 g/mol. The number of hydrogen-bond donors (Lipinski definition) is 1. The van der Waals surface area contributed by atoms with Gasteiger partial charge in [0.05, 0.1) is 22.2 Å². The maximum Gasteiger partial charge on any atom is 0.307 e. The van der Waals surface area contributed by atoms with E-state index in [1.165, 1.54) is 10.7 Å². The van der Waals surface area contributed by atoms with Crippen LogP contribution in [-0.2, 0) is 7.05 Å². The third-order valence-corrected chi connectivity index (χ3v) is 2.72. The zero-order valence-corrected chi connectivity index (χ0v) is 11.1. The number of benzene rings is 1. The summed E-state index contributed by atoms with van der Waals surface area (Å²) in [6.07, 6.45) is 0. The number of hydrogen-bond acceptors (Lipinski definition) is 4. The molecular formula is C12H10F2N4O3. The molecule has 0 aliphatic carbocycles. The first-order valence-electron chi connectivity index (χ1n) is 5.75. The average Bonchev–Trinajstić information content (AvgIpc) is 2.69. The number of nitro benzene ring substituents is 1. The molecular weight excluding hydrogens is 286 g/mol. The van der Waals surface area contributed by atoms with Gasteiger partial charge in [0.1, 0.15) is 11.6 Å². The normalized spacial score (nSPS) is 10.5. The van der Waals surface area contributed by atoms with Crippen molar-refractivity contribution in [3.05, 3.63) is 51.2 Å². The molecule has 0 radical (unpaired) electrons. The lowest BCUT2D eigenvalue weighted by atomic mass is 10.1. The minimum atomic E-state index is -1.28. The summed E-state index contributed by atoms with van der Waals surface area (Å²) in [6, 6.07) is 2.41. The number of nitro groups is 1. The van der Waals surface area contributed by atoms with Crippen LogP contribution in [-0.4, -0.2) is 20.6 Å². The molecule has 0 unspecified atom stereocenters. The zero-order valence-electron chi connectivity index (χ0n) is 11.1. The molecule has 0 atom stereocenters. The lowest BCUT2D eigenvalue weighted by Gasteiger charge is -2.06. The predicted molar refractivity (Wildman–Crippen MR) is 68.9 cm³/mol. The number of aryl methyl sites for hydroxylation is 2. The molecule has 2 aromatic rings. The summed E-state index contributed by atoms with van der Waals surface area (Å²) >= 11 is 0. The van der Waals surface area contributed by atoms with Crippen LogP contribution in [0.1, 0.15) is 16.1 Å². The zero-order chi connectivity index (χ0) is 15.7. The minimum absolute atomic E-state index is 0.288. The fourth-order valence-corrected chi connectivity index (χ4v) is 1.76. The highest BCUT2D eigenvalue weighted by Crippen LogP contribution is 2.22. The van der Waals surface area contributed by atoms with E-state index in [1.807, 2.05) is 0 Å². The Morgan fingerprint density at radius 2 is 2.00 bits per heavy atom. The fourth-order valence-electron chi connectivity index (χ4n) is 1.76. The van der Waals surface area contributed by atoms with Crippen molar-refractivity contribution in [2.45, 2.75) is 6.92 Å². The number of amides is 1. The van der Waals surface area contributed by atoms with E-state index in [1.54, 1.807) is 14.0 Å². The van der Waals surface area contributed by atoms with E-state index in [2.05, 4.69) is 10.4 Å². The summed E-state index contributed by atoms with van der Waals surface area (Å²) in [7, 11) is 1.56. The van der Waals surface area contributed by atoms with Crippen LogP contribution in [0.5, 0.6) is 0 Å². The van der Waals surface area contributed by atoms with Crippen molar-refractivity contribution in [2.75, 3.05) is 5.32 Å². The molecule has 7 nitrogen and oxygen atoms in total. The second-order valence-corrected chi connectivity index (χ2v) is 4.29. The highest BCUT2D eigenvalue weighted by atomic mass is 19.1. The van der Waals surface area contributed by atoms with Crippen LogP contribution in [0.25, 0.3) is 0 Å². The smallest absolute Gasteiger partial charge is 0.307 e. The number of anilines is 1. The Morgan fingerprint density at radius 1 is 1.33 bits per heavy atom. The molecule has 0 saturated heterocycles. The number of nitrogens with one attached hydrogen (secondary N) is 1. The van der Waals surface area contributed by atoms with Crippen molar-refractivity contribution in [3.8, 4) is 0 Å². The molecule has 0 aliphatic heterocycles. The lowest BCUT2D eigenvalue weighted by molar-refractivity contribution is -0.387. The Morgan fingerprint density at radius 3 is 2.52 bits per heavy atom. The van der Waals surface area contributed by atoms with E-state index in [-0.39, 0.29) is 5.82 Å². The van der Waals surface area contributed by atoms with Gasteiger partial charge < -0.3 is 5.32 Å². The quantitative estimate of drug-likeness (QED) is 0.694. The van der Waals surface area contributed by atoms with Gasteiger partial charge in [-0.3, -0.25) is 19.6 Å². The molecule has 9 heteroatoms. The lowest BCUT2D eigenvalue weighted by Crippen LogP contribution is -2.16. The van der Waals surface area contributed by atoms with Gasteiger partial charge >= 0.3 is 5.69 Å². The molecule has 0 aliphatic rings. The largest absolute Gasteiger partial charge is 0.307 e. The summed E-state index contributed by atoms with van der Waals surface area (Å²) < 4.78 is 28.5. The number of nitrogens with zero attached hydrogens (tertiary/aromatic N) is 3. The van der Waals surface area contributed by atoms with Crippen LogP contribution in [0.2, 0.25) is 0 Å². The van der Waals surface area contributed by atoms with Crippen molar-refractivity contribution in [2.24, 2.45) is 7.05 Å². The van der Waals surface area contributed by atoms with Gasteiger partial charge in [0.2, 0.25) is 5.82 Å². The standard InChI is InChI=1S/C12H10F2N4O3/c1-6-3-11(17(2)16-6)15-12(19)7-4-9(14)10(18(20)21)5-8(7)13/h3-5H,1-2H3,(H,15,19). The van der Waals surface area contributed by atoms with E-state index in [0.29, 0.717) is 17.8 Å². The Hall–Kier alpha value is -2.84. The van der Waals surface area contributed by atoms with Crippen LogP contribution in [0, 0.1) is 28.7 Å². The molecule has 21 heavy (non-hydrogen) atoms. The molecule has 1 heterocycles. The van der Waals surface area contributed by atoms with Crippen LogP contribution >= 0.6 is 0 Å². The topological polar surface area (TPSA) is 90.1 Å². The fraction of sp³-hybridized carbons (Fsp3) is 0.167. The summed E-state index contributed by atoms with van der Waals surface area (Å²) in [5.74, 6) is -3.10. The van der Waals surface area contributed by atoms with Crippen LogP contribution in [0.4, 0.5) is 20.3 Å². The molecule has 0 spiro atoms. The van der Waals surface area contributed by atoms with Crippen LogP contribution in [0.3, 0.4) is 0 Å². The van der Waals surface area contributed by atoms with Crippen molar-refractivity contribution >= 4 is 17.4 Å². The van der Waals surface area contributed by atoms with E-state index in [4.69, 9.17) is 0 Å². The molecule has 0 fully saturated rings. The maximum atomic E-state index is 13.7. The monoisotopic (exact) mass is 296 g/mol. The maximum absolute atomic E-state index is 13.7. The van der Waals surface area contributed by atoms with E-state index in [9.17, 15) is 23.7 Å². The van der Waals surface area contributed by atoms with Crippen molar-refractivity contribution < 1.29 is 18.5 Å². The van der Waals surface area contributed by atoms with Crippen molar-refractivity contribution in [1.29, 1.82) is 0 Å². The summed E-state index contributed by atoms with van der Waals surface area (Å²) in [6.45, 7) is 1.70. The Labute approximate surface area is 117 Å². The van der Waals surface area contributed by atoms with Gasteiger partial charge in [-0.05, 0) is 13.0 Å². The van der Waals surface area contributed by atoms with Crippen molar-refractivity contribution in [3.63, 3.8) is 0 Å². The number of aromatic nitrogens is 2. The Bertz CT molecular complexity index is 742. The number of rotatable bonds is 3. The molecule has 110 valence electrons. The van der Waals surface area contributed by atoms with Gasteiger partial charge in [0.15, 0.2) is 0 Å². The summed E-state index contributed by atoms with van der Waals surface area (Å²) in [5, 5.41) is 16.8. The number of carbonyl (C=O) groups excluding carboxylic acids is 1. The number of carbonyl (C=O) groups is 1. The highest BCUT2D eigenvalue weighted by molar-refractivity contribution is 6.04. The van der Waals surface area contributed by atoms with E-state index >= 15 is 0 Å². The Balaban J connectivity index is 2.34. The molecule has 1 aromatic carbocycles. The summed E-state index contributed by atoms with van der Waals surface area (Å²) in [5.41, 5.74) is -1.03. The molecule has 1 aromatic heterocycles. The Kier molecular flexibility index (Phi) is 3.66. The number of halogens is 2. The predicted octanol–water partition coefficient (Wildman–Crippen LogP) is 2.17. The van der Waals surface area contributed by atoms with E-state index in [0.717, 1.165) is 0 Å². The molecule has 0 bridgehead atoms. The molecule has 0 saturated carbocycles. The van der Waals surface area contributed by atoms with Gasteiger partial charge in [0, 0.05) is 13.1 Å². The van der Waals surface area contributed by atoms with E-state index < -0.39 is 33.7 Å². The third-order valence-electron chi connectivity index (χ3n) is 2.72. The van der Waals surface area contributed by atoms with Crippen molar-refractivity contribution in [1.82, 2.24) is 9.78 Å². The minimum Gasteiger partial charge on any atom is -0.307 e. The van der Waals surface area contributed by atoms with Gasteiger partial charge in [-0.25, -0.2) is 4.39 Å². The van der Waals surface area contributed by atoms with Crippen LogP contribution < -0.4 is 5.32 Å².